The zero-order valence-corrected chi connectivity index (χ0v) is 41.1. The van der Waals surface area contributed by atoms with E-state index >= 15 is 0 Å². The predicted molar refractivity (Wildman–Crippen MR) is 260 cm³/mol. The first-order chi connectivity index (χ1) is 34.5. The van der Waals surface area contributed by atoms with Gasteiger partial charge >= 0.3 is 0 Å². The lowest BCUT2D eigenvalue weighted by Crippen LogP contribution is -2.41. The number of hydrogen-bond acceptors (Lipinski definition) is 16. The van der Waals surface area contributed by atoms with Crippen molar-refractivity contribution >= 4 is 0 Å². The number of fused-ring (bicyclic) bond motifs is 6. The molecule has 0 bridgehead atoms. The van der Waals surface area contributed by atoms with Crippen molar-refractivity contribution in [1.29, 1.82) is 0 Å². The second-order valence-electron chi connectivity index (χ2n) is 17.2. The van der Waals surface area contributed by atoms with Crippen LogP contribution in [-0.2, 0) is 6.42 Å². The largest absolute Gasteiger partial charge is 0.497 e. The first-order valence-corrected chi connectivity index (χ1v) is 22.9. The third-order valence-corrected chi connectivity index (χ3v) is 13.7. The summed E-state index contributed by atoms with van der Waals surface area (Å²) >= 11 is 0. The van der Waals surface area contributed by atoms with E-state index in [9.17, 15) is 15.3 Å². The van der Waals surface area contributed by atoms with Crippen LogP contribution in [0.4, 0.5) is 0 Å². The molecular formula is C55H58O16. The molecule has 0 spiro atoms. The van der Waals surface area contributed by atoms with Crippen LogP contribution in [0.2, 0.25) is 0 Å². The number of methoxy groups -OCH3 is 10. The van der Waals surface area contributed by atoms with Gasteiger partial charge in [0.15, 0.2) is 46.7 Å². The van der Waals surface area contributed by atoms with Crippen LogP contribution in [0.3, 0.4) is 0 Å². The lowest BCUT2D eigenvalue weighted by Gasteiger charge is -2.46. The minimum Gasteiger partial charge on any atom is -0.497 e. The molecule has 0 aromatic heterocycles. The molecule has 0 aliphatic carbocycles. The average Bonchev–Trinajstić information content (AvgIpc) is 3.41. The molecule has 374 valence electrons. The van der Waals surface area contributed by atoms with Crippen molar-refractivity contribution in [3.8, 4) is 74.7 Å². The molecule has 0 fully saturated rings. The van der Waals surface area contributed by atoms with Gasteiger partial charge in [-0.05, 0) is 65.2 Å². The summed E-state index contributed by atoms with van der Waals surface area (Å²) in [6.07, 6.45) is -6.99. The molecule has 0 amide bonds. The third kappa shape index (κ3) is 8.38. The van der Waals surface area contributed by atoms with Crippen LogP contribution in [0.15, 0.2) is 91.0 Å². The van der Waals surface area contributed by atoms with E-state index in [1.54, 1.807) is 129 Å². The third-order valence-electron chi connectivity index (χ3n) is 13.7. The molecule has 6 aromatic carbocycles. The van der Waals surface area contributed by atoms with Crippen molar-refractivity contribution in [2.24, 2.45) is 0 Å². The monoisotopic (exact) mass is 974 g/mol. The number of benzene rings is 6. The van der Waals surface area contributed by atoms with Gasteiger partial charge in [0, 0.05) is 58.2 Å². The molecule has 3 N–H and O–H groups in total. The lowest BCUT2D eigenvalue weighted by atomic mass is 9.72. The predicted octanol–water partition coefficient (Wildman–Crippen LogP) is 8.06. The van der Waals surface area contributed by atoms with E-state index in [0.717, 1.165) is 0 Å². The molecule has 16 heteroatoms. The minimum atomic E-state index is -1.34. The highest BCUT2D eigenvalue weighted by atomic mass is 16.5. The standard InChI is InChI=1S/C55H58O16/c1-59-30-14-16-32(39(24-30)64-6)44-46-53-34(26-35(56)50(69-53)27-11-18-36(61-3)41(21-27)66-8)54-47(55(46)71-52(49(44)58)29-13-20-38(63-5)43(23-29)68-10)45(33-17-15-31(60-2)25-40(33)65-7)48(57)51(70-54)28-12-19-37(62-4)42(22-28)67-9/h11-25,35,44-45,48-52,56-58H,26H2,1-10H3/t35-,44-,45+,48+,49+,50-,51-,52+/m1/s1. The molecule has 0 radical (unpaired) electrons. The van der Waals surface area contributed by atoms with Crippen LogP contribution >= 0.6 is 0 Å². The Morgan fingerprint density at radius 3 is 1.08 bits per heavy atom. The number of rotatable bonds is 15. The van der Waals surface area contributed by atoms with E-state index < -0.39 is 48.5 Å². The van der Waals surface area contributed by atoms with Crippen molar-refractivity contribution < 1.29 is 76.9 Å². The quantitative estimate of drug-likeness (QED) is 0.0898. The molecule has 6 aromatic rings. The van der Waals surface area contributed by atoms with E-state index in [0.29, 0.717) is 114 Å². The molecular weight excluding hydrogens is 917 g/mol. The maximum atomic E-state index is 13.2. The Kier molecular flexibility index (Phi) is 13.8. The molecule has 3 aliphatic heterocycles. The first kappa shape index (κ1) is 48.6. The number of hydrogen-bond donors (Lipinski definition) is 3. The van der Waals surface area contributed by atoms with Gasteiger partial charge in [-0.3, -0.25) is 0 Å². The van der Waals surface area contributed by atoms with Gasteiger partial charge < -0.3 is 76.9 Å². The zero-order chi connectivity index (χ0) is 50.2. The first-order valence-electron chi connectivity index (χ1n) is 22.9. The number of aliphatic hydroxyl groups excluding tert-OH is 3. The molecule has 8 atom stereocenters. The summed E-state index contributed by atoms with van der Waals surface area (Å²) < 4.78 is 79.2. The smallest absolute Gasteiger partial charge is 0.161 e. The summed E-state index contributed by atoms with van der Waals surface area (Å²) in [4.78, 5) is 0. The van der Waals surface area contributed by atoms with Crippen molar-refractivity contribution in [2.75, 3.05) is 71.1 Å². The van der Waals surface area contributed by atoms with Crippen LogP contribution in [0, 0.1) is 0 Å². The Morgan fingerprint density at radius 2 is 0.718 bits per heavy atom. The van der Waals surface area contributed by atoms with Crippen molar-refractivity contribution in [3.63, 3.8) is 0 Å². The van der Waals surface area contributed by atoms with Crippen molar-refractivity contribution in [3.05, 3.63) is 136 Å². The van der Waals surface area contributed by atoms with Gasteiger partial charge in [0.2, 0.25) is 0 Å². The van der Waals surface area contributed by atoms with Crippen LogP contribution in [-0.4, -0.2) is 105 Å². The summed E-state index contributed by atoms with van der Waals surface area (Å²) in [5, 5.41) is 38.8. The van der Waals surface area contributed by atoms with Gasteiger partial charge in [0.1, 0.15) is 58.6 Å². The maximum absolute atomic E-state index is 13.2. The maximum Gasteiger partial charge on any atom is 0.161 e. The minimum absolute atomic E-state index is 0.00710. The summed E-state index contributed by atoms with van der Waals surface area (Å²) in [6.45, 7) is 0. The molecule has 0 saturated heterocycles. The highest BCUT2D eigenvalue weighted by Crippen LogP contribution is 2.64. The van der Waals surface area contributed by atoms with Gasteiger partial charge in [-0.1, -0.05) is 30.3 Å². The van der Waals surface area contributed by atoms with Gasteiger partial charge in [0.25, 0.3) is 0 Å². The molecule has 71 heavy (non-hydrogen) atoms. The van der Waals surface area contributed by atoms with E-state index in [2.05, 4.69) is 0 Å². The number of ether oxygens (including phenoxy) is 13. The summed E-state index contributed by atoms with van der Waals surface area (Å²) in [5.74, 6) is 3.44. The number of aliphatic hydroxyl groups is 3. The van der Waals surface area contributed by atoms with Crippen molar-refractivity contribution in [2.45, 2.75) is 54.9 Å². The topological polar surface area (TPSA) is 181 Å². The second-order valence-corrected chi connectivity index (χ2v) is 17.2. The van der Waals surface area contributed by atoms with Gasteiger partial charge in [0.05, 0.1) is 77.2 Å². The Morgan fingerprint density at radius 1 is 0.366 bits per heavy atom. The van der Waals surface area contributed by atoms with Crippen LogP contribution in [0.1, 0.15) is 74.7 Å². The van der Waals surface area contributed by atoms with E-state index in [4.69, 9.17) is 61.6 Å². The fourth-order valence-electron chi connectivity index (χ4n) is 10.3. The Balaban J connectivity index is 1.40. The average molecular weight is 975 g/mol. The fraction of sp³-hybridized carbons (Fsp3) is 0.345. The molecule has 9 rings (SSSR count). The Hall–Kier alpha value is -7.40. The normalized spacial score (nSPS) is 21.9. The highest BCUT2D eigenvalue weighted by molar-refractivity contribution is 5.72. The fourth-order valence-corrected chi connectivity index (χ4v) is 10.3. The molecule has 3 aliphatic rings. The molecule has 0 unspecified atom stereocenters. The molecule has 0 saturated carbocycles. The van der Waals surface area contributed by atoms with Crippen molar-refractivity contribution in [1.82, 2.24) is 0 Å². The van der Waals surface area contributed by atoms with Crippen LogP contribution in [0.5, 0.6) is 74.7 Å². The Labute approximate surface area is 411 Å². The summed E-state index contributed by atoms with van der Waals surface area (Å²) in [6, 6.07) is 26.7. The van der Waals surface area contributed by atoms with Crippen LogP contribution < -0.4 is 61.6 Å². The Bertz CT molecular complexity index is 2830. The van der Waals surface area contributed by atoms with E-state index in [-0.39, 0.29) is 12.2 Å². The SMILES string of the molecule is COc1ccc([C@H]2c3c(c4c(c5c3O[C@@H](c3ccc(OC)c(OC)c3)[C@@H](O)[C@@H]5c3ccc(OC)cc3OC)O[C@H](c3ccc(OC)c(OC)c3)[C@H](O)C4)O[C@H](c3ccc(OC)c(OC)c3)[C@H]2O)c(OC)c1. The van der Waals surface area contributed by atoms with Crippen LogP contribution in [0.25, 0.3) is 0 Å². The highest BCUT2D eigenvalue weighted by Gasteiger charge is 2.52. The van der Waals surface area contributed by atoms with E-state index in [1.165, 1.54) is 21.3 Å². The van der Waals surface area contributed by atoms with Gasteiger partial charge in [-0.25, -0.2) is 0 Å². The second kappa shape index (κ2) is 20.1. The van der Waals surface area contributed by atoms with Gasteiger partial charge in [-0.2, -0.15) is 0 Å². The van der Waals surface area contributed by atoms with Gasteiger partial charge in [-0.15, -0.1) is 0 Å². The lowest BCUT2D eigenvalue weighted by molar-refractivity contribution is -0.0171. The molecule has 16 nitrogen and oxygen atoms in total. The summed E-state index contributed by atoms with van der Waals surface area (Å²) in [7, 11) is 15.4. The summed E-state index contributed by atoms with van der Waals surface area (Å²) in [5.41, 5.74) is 4.13. The van der Waals surface area contributed by atoms with E-state index in [1.807, 2.05) is 12.1 Å². The zero-order valence-electron chi connectivity index (χ0n) is 41.1. The molecule has 3 heterocycles.